The minimum Gasteiger partial charge on any atom is -0.346 e. The van der Waals surface area contributed by atoms with E-state index < -0.39 is 0 Å². The molecule has 0 spiro atoms. The number of rotatable bonds is 6. The molecule has 6 heteroatoms. The highest BCUT2D eigenvalue weighted by Gasteiger charge is 2.12. The molecule has 0 atom stereocenters. The van der Waals surface area contributed by atoms with Crippen LogP contribution in [0, 0.1) is 0 Å². The molecule has 3 N–H and O–H groups in total. The first-order chi connectivity index (χ1) is 9.06. The summed E-state index contributed by atoms with van der Waals surface area (Å²) in [7, 11) is 0. The molecule has 5 nitrogen and oxygen atoms in total. The van der Waals surface area contributed by atoms with E-state index in [1.54, 1.807) is 11.0 Å². The minimum absolute atomic E-state index is 0.0373. The Bertz CT molecular complexity index is 451. The number of hydrogen-bond acceptors (Lipinski definition) is 3. The summed E-state index contributed by atoms with van der Waals surface area (Å²) in [4.78, 5) is 24.6. The number of halogens is 1. The van der Waals surface area contributed by atoms with Gasteiger partial charge in [-0.2, -0.15) is 0 Å². The fraction of sp³-hybridized carbons (Fsp3) is 0.385. The van der Waals surface area contributed by atoms with E-state index in [1.165, 1.54) is 0 Å². The van der Waals surface area contributed by atoms with Gasteiger partial charge in [0.15, 0.2) is 0 Å². The van der Waals surface area contributed by atoms with Crippen molar-refractivity contribution in [3.8, 4) is 0 Å². The van der Waals surface area contributed by atoms with Crippen LogP contribution in [0.4, 0.5) is 0 Å². The minimum atomic E-state index is -0.341. The van der Waals surface area contributed by atoms with Gasteiger partial charge in [-0.05, 0) is 24.6 Å². The molecule has 0 unspecified atom stereocenters. The molecule has 0 saturated heterocycles. The molecule has 0 heterocycles. The van der Waals surface area contributed by atoms with Crippen molar-refractivity contribution in [1.29, 1.82) is 0 Å². The van der Waals surface area contributed by atoms with E-state index in [9.17, 15) is 9.59 Å². The number of carbonyl (C=O) groups excluding carboxylic acids is 2. The summed E-state index contributed by atoms with van der Waals surface area (Å²) in [5, 5.41) is 3.10. The first-order valence-electron chi connectivity index (χ1n) is 6.05. The first-order valence-corrected chi connectivity index (χ1v) is 6.43. The molecule has 1 aromatic rings. The lowest BCUT2D eigenvalue weighted by molar-refractivity contribution is -0.132. The number of nitrogens with zero attached hydrogens (tertiary/aromatic N) is 1. The van der Waals surface area contributed by atoms with Crippen LogP contribution in [0.15, 0.2) is 24.3 Å². The molecule has 0 bridgehead atoms. The van der Waals surface area contributed by atoms with E-state index >= 15 is 0 Å². The van der Waals surface area contributed by atoms with Crippen molar-refractivity contribution in [3.63, 3.8) is 0 Å². The van der Waals surface area contributed by atoms with Crippen molar-refractivity contribution in [2.24, 2.45) is 5.73 Å². The number of nitrogens with two attached hydrogens (primary N) is 1. The lowest BCUT2D eigenvalue weighted by atomic mass is 10.2. The Morgan fingerprint density at radius 1 is 1.42 bits per heavy atom. The summed E-state index contributed by atoms with van der Waals surface area (Å²) in [5.74, 6) is -0.489. The Balaban J connectivity index is 2.57. The van der Waals surface area contributed by atoms with Crippen LogP contribution in [0.25, 0.3) is 0 Å². The third kappa shape index (κ3) is 5.28. The van der Waals surface area contributed by atoms with Crippen LogP contribution in [-0.4, -0.2) is 36.3 Å². The van der Waals surface area contributed by atoms with Crippen LogP contribution in [0.3, 0.4) is 0 Å². The average molecular weight is 284 g/mol. The summed E-state index contributed by atoms with van der Waals surface area (Å²) >= 11 is 5.90. The fourth-order valence-corrected chi connectivity index (χ4v) is 1.80. The third-order valence-corrected chi connectivity index (χ3v) is 2.85. The van der Waals surface area contributed by atoms with Crippen LogP contribution in [0.1, 0.15) is 12.5 Å². The SMILES string of the molecule is CCN(Cc1cccc(Cl)c1)C(=O)CNC(=O)CN. The normalized spacial score (nSPS) is 10.1. The van der Waals surface area contributed by atoms with Crippen LogP contribution in [0.2, 0.25) is 5.02 Å². The zero-order chi connectivity index (χ0) is 14.3. The summed E-state index contributed by atoms with van der Waals surface area (Å²) in [6, 6.07) is 7.34. The molecule has 1 rings (SSSR count). The standard InChI is InChI=1S/C13H18ClN3O2/c1-2-17(13(19)8-16-12(18)7-15)9-10-4-3-5-11(14)6-10/h3-6H,2,7-9,15H2,1H3,(H,16,18). The van der Waals surface area contributed by atoms with Crippen LogP contribution in [-0.2, 0) is 16.1 Å². The number of likely N-dealkylation sites (N-methyl/N-ethyl adjacent to an activating group) is 1. The number of amides is 2. The van der Waals surface area contributed by atoms with Gasteiger partial charge >= 0.3 is 0 Å². The number of hydrogen-bond donors (Lipinski definition) is 2. The second kappa shape index (κ2) is 7.76. The van der Waals surface area contributed by atoms with Gasteiger partial charge < -0.3 is 16.0 Å². The van der Waals surface area contributed by atoms with Crippen molar-refractivity contribution >= 4 is 23.4 Å². The molecule has 0 aliphatic heterocycles. The smallest absolute Gasteiger partial charge is 0.242 e. The van der Waals surface area contributed by atoms with Gasteiger partial charge in [0.05, 0.1) is 13.1 Å². The molecule has 2 amide bonds. The topological polar surface area (TPSA) is 75.4 Å². The molecule has 0 radical (unpaired) electrons. The molecule has 0 aliphatic rings. The monoisotopic (exact) mass is 283 g/mol. The van der Waals surface area contributed by atoms with Crippen LogP contribution >= 0.6 is 11.6 Å². The van der Waals surface area contributed by atoms with Crippen molar-refractivity contribution in [1.82, 2.24) is 10.2 Å². The third-order valence-electron chi connectivity index (χ3n) is 2.62. The van der Waals surface area contributed by atoms with E-state index in [2.05, 4.69) is 5.32 Å². The van der Waals surface area contributed by atoms with E-state index in [1.807, 2.05) is 25.1 Å². The maximum absolute atomic E-state index is 11.9. The summed E-state index contributed by atoms with van der Waals surface area (Å²) in [5.41, 5.74) is 6.11. The Hall–Kier alpha value is -1.59. The number of nitrogens with one attached hydrogen (secondary N) is 1. The number of carbonyl (C=O) groups is 2. The summed E-state index contributed by atoms with van der Waals surface area (Å²) in [6.45, 7) is 2.75. The molecule has 0 saturated carbocycles. The Morgan fingerprint density at radius 2 is 2.16 bits per heavy atom. The lowest BCUT2D eigenvalue weighted by Crippen LogP contribution is -2.41. The molecular weight excluding hydrogens is 266 g/mol. The van der Waals surface area contributed by atoms with Crippen molar-refractivity contribution in [2.75, 3.05) is 19.6 Å². The lowest BCUT2D eigenvalue weighted by Gasteiger charge is -2.21. The van der Waals surface area contributed by atoms with Gasteiger partial charge in [0.2, 0.25) is 11.8 Å². The largest absolute Gasteiger partial charge is 0.346 e. The zero-order valence-corrected chi connectivity index (χ0v) is 11.6. The van der Waals surface area contributed by atoms with Crippen LogP contribution in [0.5, 0.6) is 0 Å². The summed E-state index contributed by atoms with van der Waals surface area (Å²) < 4.78 is 0. The molecule has 0 aliphatic carbocycles. The highest BCUT2D eigenvalue weighted by Crippen LogP contribution is 2.12. The van der Waals surface area contributed by atoms with E-state index in [-0.39, 0.29) is 24.9 Å². The molecule has 0 fully saturated rings. The number of benzene rings is 1. The van der Waals surface area contributed by atoms with Crippen molar-refractivity contribution < 1.29 is 9.59 Å². The Morgan fingerprint density at radius 3 is 2.74 bits per heavy atom. The molecule has 104 valence electrons. The predicted molar refractivity (Wildman–Crippen MR) is 74.6 cm³/mol. The van der Waals surface area contributed by atoms with Crippen LogP contribution < -0.4 is 11.1 Å². The fourth-order valence-electron chi connectivity index (χ4n) is 1.59. The zero-order valence-electron chi connectivity index (χ0n) is 10.9. The van der Waals surface area contributed by atoms with Gasteiger partial charge in [0.1, 0.15) is 0 Å². The first kappa shape index (κ1) is 15.5. The van der Waals surface area contributed by atoms with E-state index in [0.717, 1.165) is 5.56 Å². The molecule has 1 aromatic carbocycles. The van der Waals surface area contributed by atoms with Gasteiger partial charge in [0.25, 0.3) is 0 Å². The second-order valence-corrected chi connectivity index (χ2v) is 4.46. The van der Waals surface area contributed by atoms with Gasteiger partial charge in [0, 0.05) is 18.1 Å². The molecule has 19 heavy (non-hydrogen) atoms. The van der Waals surface area contributed by atoms with Gasteiger partial charge in [-0.15, -0.1) is 0 Å². The Labute approximate surface area is 117 Å². The maximum Gasteiger partial charge on any atom is 0.242 e. The van der Waals surface area contributed by atoms with Gasteiger partial charge in [-0.3, -0.25) is 9.59 Å². The van der Waals surface area contributed by atoms with Crippen molar-refractivity contribution in [3.05, 3.63) is 34.9 Å². The summed E-state index contributed by atoms with van der Waals surface area (Å²) in [6.07, 6.45) is 0. The van der Waals surface area contributed by atoms with Gasteiger partial charge in [-0.1, -0.05) is 23.7 Å². The second-order valence-electron chi connectivity index (χ2n) is 4.02. The van der Waals surface area contributed by atoms with E-state index in [0.29, 0.717) is 18.1 Å². The maximum atomic E-state index is 11.9. The Kier molecular flexibility index (Phi) is 6.32. The van der Waals surface area contributed by atoms with Crippen molar-refractivity contribution in [2.45, 2.75) is 13.5 Å². The highest BCUT2D eigenvalue weighted by molar-refractivity contribution is 6.30. The highest BCUT2D eigenvalue weighted by atomic mass is 35.5. The van der Waals surface area contributed by atoms with E-state index in [4.69, 9.17) is 17.3 Å². The quantitative estimate of drug-likeness (QED) is 0.809. The molecular formula is C13H18ClN3O2. The van der Waals surface area contributed by atoms with Gasteiger partial charge in [-0.25, -0.2) is 0 Å². The predicted octanol–water partition coefficient (Wildman–Crippen LogP) is 0.763. The molecule has 0 aromatic heterocycles. The average Bonchev–Trinajstić information content (AvgIpc) is 2.41.